The molecule has 0 spiro atoms. The van der Waals surface area contributed by atoms with Crippen molar-refractivity contribution in [1.82, 2.24) is 9.97 Å². The first kappa shape index (κ1) is 18.2. The Morgan fingerprint density at radius 3 is 2.64 bits per heavy atom. The van der Waals surface area contributed by atoms with Crippen molar-refractivity contribution in [2.45, 2.75) is 39.3 Å². The lowest BCUT2D eigenvalue weighted by Crippen LogP contribution is -2.42. The van der Waals surface area contributed by atoms with E-state index in [0.29, 0.717) is 18.4 Å². The molecule has 0 saturated carbocycles. The highest BCUT2D eigenvalue weighted by atomic mass is 16.6. The highest BCUT2D eigenvalue weighted by Crippen LogP contribution is 2.30. The van der Waals surface area contributed by atoms with Crippen LogP contribution in [0.3, 0.4) is 0 Å². The summed E-state index contributed by atoms with van der Waals surface area (Å²) >= 11 is 0. The second-order valence-electron chi connectivity index (χ2n) is 7.92. The zero-order valence-corrected chi connectivity index (χ0v) is 16.6. The number of amides is 1. The van der Waals surface area contributed by atoms with Crippen LogP contribution in [0.4, 0.5) is 16.6 Å². The lowest BCUT2D eigenvalue weighted by Gasteiger charge is -2.27. The number of aryl methyl sites for hydroxylation is 1. The average Bonchev–Trinajstić information content (AvgIpc) is 2.94. The number of benzene rings is 2. The zero-order valence-electron chi connectivity index (χ0n) is 16.6. The third kappa shape index (κ3) is 3.38. The van der Waals surface area contributed by atoms with Crippen LogP contribution in [0.25, 0.3) is 10.8 Å². The largest absolute Gasteiger partial charge is 0.447 e. The molecule has 2 heterocycles. The van der Waals surface area contributed by atoms with E-state index in [1.807, 2.05) is 13.8 Å². The Morgan fingerprint density at radius 1 is 1.14 bits per heavy atom. The molecule has 1 saturated heterocycles. The van der Waals surface area contributed by atoms with Gasteiger partial charge in [0.2, 0.25) is 5.95 Å². The summed E-state index contributed by atoms with van der Waals surface area (Å²) < 4.78 is 5.18. The first-order chi connectivity index (χ1) is 13.3. The van der Waals surface area contributed by atoms with Crippen molar-refractivity contribution in [3.8, 4) is 0 Å². The van der Waals surface area contributed by atoms with Gasteiger partial charge in [0, 0.05) is 6.20 Å². The van der Waals surface area contributed by atoms with Gasteiger partial charge in [-0.3, -0.25) is 4.90 Å². The Labute approximate surface area is 164 Å². The molecule has 1 N–H and O–H groups in total. The number of nitrogens with zero attached hydrogens (tertiary/aromatic N) is 3. The van der Waals surface area contributed by atoms with Crippen LogP contribution >= 0.6 is 0 Å². The van der Waals surface area contributed by atoms with Crippen LogP contribution in [-0.4, -0.2) is 28.2 Å². The number of fused-ring (bicyclic) bond motifs is 1. The third-order valence-corrected chi connectivity index (χ3v) is 5.07. The normalized spacial score (nSPS) is 16.9. The lowest BCUT2D eigenvalue weighted by molar-refractivity contribution is 0.175. The van der Waals surface area contributed by atoms with Crippen molar-refractivity contribution in [2.24, 2.45) is 0 Å². The van der Waals surface area contributed by atoms with Crippen LogP contribution in [0.15, 0.2) is 48.7 Å². The van der Waals surface area contributed by atoms with E-state index < -0.39 is 5.54 Å². The van der Waals surface area contributed by atoms with E-state index in [0.717, 1.165) is 5.56 Å². The van der Waals surface area contributed by atoms with Gasteiger partial charge >= 0.3 is 6.09 Å². The fourth-order valence-corrected chi connectivity index (χ4v) is 3.49. The van der Waals surface area contributed by atoms with Crippen molar-refractivity contribution in [3.05, 3.63) is 59.8 Å². The lowest BCUT2D eigenvalue weighted by atomic mass is 10.0. The Morgan fingerprint density at radius 2 is 1.89 bits per heavy atom. The standard InChI is InChI=1S/C22H24N4O2/c1-14-5-6-18-12-16(7-8-17(18)11-14)15(2)24-20-23-10-9-19(25-20)26-21(27)28-13-22(26,3)4/h5-12,15H,13H2,1-4H3,(H,23,24,25)/t15-/m0/s1. The van der Waals surface area contributed by atoms with Crippen molar-refractivity contribution in [1.29, 1.82) is 0 Å². The van der Waals surface area contributed by atoms with E-state index >= 15 is 0 Å². The number of hydrogen-bond donors (Lipinski definition) is 1. The molecule has 2 aromatic carbocycles. The molecular formula is C22H24N4O2. The van der Waals surface area contributed by atoms with Crippen molar-refractivity contribution in [2.75, 3.05) is 16.8 Å². The molecule has 0 radical (unpaired) electrons. The number of ether oxygens (including phenoxy) is 1. The van der Waals surface area contributed by atoms with Crippen LogP contribution in [0.2, 0.25) is 0 Å². The molecular weight excluding hydrogens is 352 g/mol. The van der Waals surface area contributed by atoms with Crippen molar-refractivity contribution in [3.63, 3.8) is 0 Å². The predicted octanol–water partition coefficient (Wildman–Crippen LogP) is 4.85. The molecule has 0 unspecified atom stereocenters. The SMILES string of the molecule is Cc1ccc2cc([C@H](C)Nc3nccc(N4C(=O)OCC4(C)C)n3)ccc2c1. The quantitative estimate of drug-likeness (QED) is 0.705. The Balaban J connectivity index is 1.57. The number of cyclic esters (lactones) is 1. The van der Waals surface area contributed by atoms with Gasteiger partial charge in [0.1, 0.15) is 12.4 Å². The minimum Gasteiger partial charge on any atom is -0.447 e. The van der Waals surface area contributed by atoms with E-state index in [-0.39, 0.29) is 12.1 Å². The van der Waals surface area contributed by atoms with Crippen LogP contribution < -0.4 is 10.2 Å². The Bertz CT molecular complexity index is 1050. The van der Waals surface area contributed by atoms with Gasteiger partial charge in [-0.1, -0.05) is 35.9 Å². The van der Waals surface area contributed by atoms with Gasteiger partial charge in [-0.2, -0.15) is 4.98 Å². The number of nitrogens with one attached hydrogen (secondary N) is 1. The maximum absolute atomic E-state index is 12.1. The first-order valence-electron chi connectivity index (χ1n) is 9.40. The molecule has 6 heteroatoms. The highest BCUT2D eigenvalue weighted by Gasteiger charge is 2.41. The van der Waals surface area contributed by atoms with Crippen molar-refractivity contribution < 1.29 is 9.53 Å². The minimum absolute atomic E-state index is 0.0134. The van der Waals surface area contributed by atoms with Crippen LogP contribution in [-0.2, 0) is 4.74 Å². The van der Waals surface area contributed by atoms with Crippen molar-refractivity contribution >= 4 is 28.6 Å². The molecule has 3 aromatic rings. The average molecular weight is 376 g/mol. The fourth-order valence-electron chi connectivity index (χ4n) is 3.49. The Hall–Kier alpha value is -3.15. The van der Waals surface area contributed by atoms with E-state index in [1.54, 1.807) is 17.2 Å². The summed E-state index contributed by atoms with van der Waals surface area (Å²) in [6.07, 6.45) is 1.27. The summed E-state index contributed by atoms with van der Waals surface area (Å²) in [7, 11) is 0. The second-order valence-corrected chi connectivity index (χ2v) is 7.92. The van der Waals surface area contributed by atoms with Crippen LogP contribution in [0.5, 0.6) is 0 Å². The van der Waals surface area contributed by atoms with E-state index in [2.05, 4.69) is 65.5 Å². The van der Waals surface area contributed by atoms with Crippen LogP contribution in [0, 0.1) is 6.92 Å². The molecule has 28 heavy (non-hydrogen) atoms. The monoisotopic (exact) mass is 376 g/mol. The van der Waals surface area contributed by atoms with Gasteiger partial charge in [0.15, 0.2) is 0 Å². The number of rotatable bonds is 4. The first-order valence-corrected chi connectivity index (χ1v) is 9.40. The molecule has 1 aliphatic rings. The van der Waals surface area contributed by atoms with Gasteiger partial charge in [0.25, 0.3) is 0 Å². The predicted molar refractivity (Wildman–Crippen MR) is 111 cm³/mol. The van der Waals surface area contributed by atoms with Gasteiger partial charge in [0.05, 0.1) is 11.6 Å². The maximum Gasteiger partial charge on any atom is 0.416 e. The molecule has 6 nitrogen and oxygen atoms in total. The number of aromatic nitrogens is 2. The summed E-state index contributed by atoms with van der Waals surface area (Å²) in [4.78, 5) is 22.6. The van der Waals surface area contributed by atoms with Gasteiger partial charge in [-0.25, -0.2) is 9.78 Å². The summed E-state index contributed by atoms with van der Waals surface area (Å²) in [6.45, 7) is 8.41. The third-order valence-electron chi connectivity index (χ3n) is 5.07. The molecule has 0 bridgehead atoms. The molecule has 1 fully saturated rings. The number of carbonyl (C=O) groups is 1. The molecule has 144 valence electrons. The fraction of sp³-hybridized carbons (Fsp3) is 0.318. The molecule has 1 amide bonds. The molecule has 1 aromatic heterocycles. The second kappa shape index (κ2) is 6.78. The van der Waals surface area contributed by atoms with E-state index in [9.17, 15) is 4.79 Å². The highest BCUT2D eigenvalue weighted by molar-refractivity contribution is 5.90. The summed E-state index contributed by atoms with van der Waals surface area (Å²) in [5.41, 5.74) is 1.96. The molecule has 1 atom stereocenters. The Kier molecular flexibility index (Phi) is 4.41. The maximum atomic E-state index is 12.1. The van der Waals surface area contributed by atoms with E-state index in [4.69, 9.17) is 4.74 Å². The number of carbonyl (C=O) groups excluding carboxylic acids is 1. The topological polar surface area (TPSA) is 67.4 Å². The molecule has 0 aliphatic carbocycles. The summed E-state index contributed by atoms with van der Waals surface area (Å²) in [5, 5.41) is 5.77. The number of hydrogen-bond acceptors (Lipinski definition) is 5. The smallest absolute Gasteiger partial charge is 0.416 e. The zero-order chi connectivity index (χ0) is 19.9. The minimum atomic E-state index is -0.440. The van der Waals surface area contributed by atoms with E-state index in [1.165, 1.54) is 16.3 Å². The van der Waals surface area contributed by atoms with Gasteiger partial charge in [-0.15, -0.1) is 0 Å². The van der Waals surface area contributed by atoms with Gasteiger partial charge < -0.3 is 10.1 Å². The number of anilines is 2. The van der Waals surface area contributed by atoms with Crippen LogP contribution in [0.1, 0.15) is 37.9 Å². The van der Waals surface area contributed by atoms with Gasteiger partial charge in [-0.05, 0) is 56.2 Å². The summed E-state index contributed by atoms with van der Waals surface area (Å²) in [6, 6.07) is 14.6. The summed E-state index contributed by atoms with van der Waals surface area (Å²) in [5.74, 6) is 1.01. The molecule has 4 rings (SSSR count). The molecule has 1 aliphatic heterocycles.